The molecule has 1 atom stereocenters. The smallest absolute Gasteiger partial charge is 0.223 e. The van der Waals surface area contributed by atoms with Crippen LogP contribution in [-0.4, -0.2) is 17.1 Å². The van der Waals surface area contributed by atoms with E-state index in [1.807, 2.05) is 56.3 Å². The van der Waals surface area contributed by atoms with E-state index in [0.717, 1.165) is 11.3 Å². The van der Waals surface area contributed by atoms with E-state index >= 15 is 0 Å². The van der Waals surface area contributed by atoms with Crippen molar-refractivity contribution in [1.29, 1.82) is 0 Å². The second kappa shape index (κ2) is 8.34. The Bertz CT molecular complexity index is 608. The quantitative estimate of drug-likeness (QED) is 0.825. The average Bonchev–Trinajstić information content (AvgIpc) is 2.53. The molecule has 0 saturated heterocycles. The van der Waals surface area contributed by atoms with E-state index in [1.165, 1.54) is 0 Å². The van der Waals surface area contributed by atoms with Crippen molar-refractivity contribution >= 4 is 5.91 Å². The van der Waals surface area contributed by atoms with Gasteiger partial charge in [-0.05, 0) is 37.1 Å². The van der Waals surface area contributed by atoms with Gasteiger partial charge in [0, 0.05) is 6.04 Å². The number of ether oxygens (including phenoxy) is 1. The van der Waals surface area contributed by atoms with Crippen LogP contribution in [-0.2, 0) is 11.4 Å². The van der Waals surface area contributed by atoms with E-state index in [-0.39, 0.29) is 18.4 Å². The van der Waals surface area contributed by atoms with Gasteiger partial charge in [0.1, 0.15) is 12.4 Å². The van der Waals surface area contributed by atoms with Gasteiger partial charge in [0.15, 0.2) is 0 Å². The zero-order chi connectivity index (χ0) is 16.7. The molecule has 2 rings (SSSR count). The van der Waals surface area contributed by atoms with Gasteiger partial charge in [-0.2, -0.15) is 0 Å². The highest BCUT2D eigenvalue weighted by Crippen LogP contribution is 2.21. The summed E-state index contributed by atoms with van der Waals surface area (Å²) in [6.07, 6.45) is -0.750. The topological polar surface area (TPSA) is 58.6 Å². The summed E-state index contributed by atoms with van der Waals surface area (Å²) in [6.45, 7) is 4.28. The first-order valence-electron chi connectivity index (χ1n) is 7.78. The number of carbonyl (C=O) groups excluding carboxylic acids is 1. The van der Waals surface area contributed by atoms with Gasteiger partial charge in [-0.25, -0.2) is 0 Å². The highest BCUT2D eigenvalue weighted by atomic mass is 16.5. The van der Waals surface area contributed by atoms with Gasteiger partial charge in [0.25, 0.3) is 0 Å². The number of aliphatic hydroxyl groups excluding tert-OH is 1. The maximum atomic E-state index is 11.7. The summed E-state index contributed by atoms with van der Waals surface area (Å²) in [4.78, 5) is 11.7. The fourth-order valence-corrected chi connectivity index (χ4v) is 2.20. The first kappa shape index (κ1) is 17.0. The van der Waals surface area contributed by atoms with Crippen molar-refractivity contribution in [3.05, 3.63) is 65.7 Å². The molecule has 2 N–H and O–H groups in total. The van der Waals surface area contributed by atoms with E-state index in [4.69, 9.17) is 4.74 Å². The first-order valence-corrected chi connectivity index (χ1v) is 7.78. The molecule has 0 fully saturated rings. The molecule has 0 aromatic heterocycles. The number of rotatable bonds is 7. The van der Waals surface area contributed by atoms with Crippen molar-refractivity contribution in [2.75, 3.05) is 0 Å². The van der Waals surface area contributed by atoms with Crippen LogP contribution in [0.25, 0.3) is 0 Å². The van der Waals surface area contributed by atoms with Crippen LogP contribution in [0.15, 0.2) is 54.6 Å². The molecule has 2 aromatic rings. The minimum atomic E-state index is -0.808. The Hall–Kier alpha value is -2.33. The van der Waals surface area contributed by atoms with Gasteiger partial charge in [0.2, 0.25) is 5.91 Å². The van der Waals surface area contributed by atoms with Gasteiger partial charge < -0.3 is 15.2 Å². The molecule has 0 aliphatic heterocycles. The minimum Gasteiger partial charge on any atom is -0.489 e. The largest absolute Gasteiger partial charge is 0.489 e. The highest BCUT2D eigenvalue weighted by molar-refractivity contribution is 5.76. The van der Waals surface area contributed by atoms with Crippen molar-refractivity contribution in [2.45, 2.75) is 39.0 Å². The monoisotopic (exact) mass is 313 g/mol. The molecule has 0 radical (unpaired) electrons. The van der Waals surface area contributed by atoms with Crippen LogP contribution >= 0.6 is 0 Å². The number of nitrogens with one attached hydrogen (secondary N) is 1. The maximum absolute atomic E-state index is 11.7. The maximum Gasteiger partial charge on any atom is 0.223 e. The van der Waals surface area contributed by atoms with Crippen molar-refractivity contribution < 1.29 is 14.6 Å². The Labute approximate surface area is 137 Å². The number of amides is 1. The van der Waals surface area contributed by atoms with Gasteiger partial charge in [-0.3, -0.25) is 4.79 Å². The van der Waals surface area contributed by atoms with E-state index in [1.54, 1.807) is 12.1 Å². The molecule has 23 heavy (non-hydrogen) atoms. The standard InChI is InChI=1S/C19H23NO3/c1-14(2)20-19(22)12-18(21)16-8-10-17(11-9-16)23-13-15-6-4-3-5-7-15/h3-11,14,18,21H,12-13H2,1-2H3,(H,20,22). The van der Waals surface area contributed by atoms with Crippen LogP contribution < -0.4 is 10.1 Å². The van der Waals surface area contributed by atoms with Crippen LogP contribution in [0.3, 0.4) is 0 Å². The summed E-state index contributed by atoms with van der Waals surface area (Å²) in [5.41, 5.74) is 1.80. The van der Waals surface area contributed by atoms with E-state index in [9.17, 15) is 9.90 Å². The molecule has 4 heteroatoms. The lowest BCUT2D eigenvalue weighted by atomic mass is 10.1. The molecule has 2 aromatic carbocycles. The molecule has 0 spiro atoms. The third-order valence-corrected chi connectivity index (χ3v) is 3.34. The van der Waals surface area contributed by atoms with Crippen molar-refractivity contribution in [2.24, 2.45) is 0 Å². The van der Waals surface area contributed by atoms with Gasteiger partial charge in [0.05, 0.1) is 12.5 Å². The SMILES string of the molecule is CC(C)NC(=O)CC(O)c1ccc(OCc2ccccc2)cc1. The second-order valence-electron chi connectivity index (χ2n) is 5.79. The Morgan fingerprint density at radius 3 is 2.35 bits per heavy atom. The number of hydrogen-bond donors (Lipinski definition) is 2. The fraction of sp³-hybridized carbons (Fsp3) is 0.316. The molecule has 0 heterocycles. The van der Waals surface area contributed by atoms with Crippen molar-refractivity contribution in [1.82, 2.24) is 5.32 Å². The number of hydrogen-bond acceptors (Lipinski definition) is 3. The lowest BCUT2D eigenvalue weighted by Crippen LogP contribution is -2.31. The third-order valence-electron chi connectivity index (χ3n) is 3.34. The van der Waals surface area contributed by atoms with Crippen molar-refractivity contribution in [3.8, 4) is 5.75 Å². The predicted octanol–water partition coefficient (Wildman–Crippen LogP) is 3.21. The fourth-order valence-electron chi connectivity index (χ4n) is 2.20. The summed E-state index contributed by atoms with van der Waals surface area (Å²) in [5.74, 6) is 0.577. The molecule has 4 nitrogen and oxygen atoms in total. The Kier molecular flexibility index (Phi) is 6.18. The molecule has 0 aliphatic rings. The lowest BCUT2D eigenvalue weighted by Gasteiger charge is -2.14. The normalized spacial score (nSPS) is 12.0. The molecular formula is C19H23NO3. The molecule has 0 aliphatic carbocycles. The van der Waals surface area contributed by atoms with Crippen LogP contribution in [0, 0.1) is 0 Å². The van der Waals surface area contributed by atoms with E-state index < -0.39 is 6.10 Å². The van der Waals surface area contributed by atoms with Crippen molar-refractivity contribution in [3.63, 3.8) is 0 Å². The molecule has 1 amide bonds. The summed E-state index contributed by atoms with van der Waals surface area (Å²) in [7, 11) is 0. The number of carbonyl (C=O) groups is 1. The Morgan fingerprint density at radius 2 is 1.74 bits per heavy atom. The van der Waals surface area contributed by atoms with Gasteiger partial charge >= 0.3 is 0 Å². The van der Waals surface area contributed by atoms with Gasteiger partial charge in [-0.1, -0.05) is 42.5 Å². The molecule has 1 unspecified atom stereocenters. The molecule has 0 saturated carbocycles. The Morgan fingerprint density at radius 1 is 1.09 bits per heavy atom. The second-order valence-corrected chi connectivity index (χ2v) is 5.79. The van der Waals surface area contributed by atoms with Crippen LogP contribution in [0.4, 0.5) is 0 Å². The summed E-state index contributed by atoms with van der Waals surface area (Å²) >= 11 is 0. The Balaban J connectivity index is 1.87. The predicted molar refractivity (Wildman–Crippen MR) is 90.1 cm³/mol. The van der Waals surface area contributed by atoms with E-state index in [2.05, 4.69) is 5.32 Å². The van der Waals surface area contributed by atoms with Crippen LogP contribution in [0.2, 0.25) is 0 Å². The van der Waals surface area contributed by atoms with Gasteiger partial charge in [-0.15, -0.1) is 0 Å². The summed E-state index contributed by atoms with van der Waals surface area (Å²) in [5, 5.41) is 12.9. The molecule has 0 bridgehead atoms. The minimum absolute atomic E-state index is 0.0579. The average molecular weight is 313 g/mol. The zero-order valence-electron chi connectivity index (χ0n) is 13.5. The number of benzene rings is 2. The third kappa shape index (κ3) is 5.75. The van der Waals surface area contributed by atoms with Crippen LogP contribution in [0.1, 0.15) is 37.5 Å². The first-order chi connectivity index (χ1) is 11.0. The highest BCUT2D eigenvalue weighted by Gasteiger charge is 2.13. The summed E-state index contributed by atoms with van der Waals surface area (Å²) in [6, 6.07) is 17.2. The zero-order valence-corrected chi connectivity index (χ0v) is 13.5. The molecular weight excluding hydrogens is 290 g/mol. The van der Waals surface area contributed by atoms with Crippen LogP contribution in [0.5, 0.6) is 5.75 Å². The lowest BCUT2D eigenvalue weighted by molar-refractivity contribution is -0.123. The molecule has 122 valence electrons. The summed E-state index contributed by atoms with van der Waals surface area (Å²) < 4.78 is 5.70. The van der Waals surface area contributed by atoms with E-state index in [0.29, 0.717) is 12.2 Å². The number of aliphatic hydroxyl groups is 1.